The Morgan fingerprint density at radius 1 is 1.14 bits per heavy atom. The SMILES string of the molecule is COc1ccc([C@H](CNC(=S)Nc2cccc(Cl)c2C)N2CCCCC2)cc1. The summed E-state index contributed by atoms with van der Waals surface area (Å²) in [5, 5.41) is 8.03. The van der Waals surface area contributed by atoms with E-state index in [1.807, 2.05) is 37.3 Å². The van der Waals surface area contributed by atoms with Gasteiger partial charge in [-0.25, -0.2) is 0 Å². The van der Waals surface area contributed by atoms with Gasteiger partial charge in [0.1, 0.15) is 5.75 Å². The molecule has 4 nitrogen and oxygen atoms in total. The molecule has 2 aromatic rings. The topological polar surface area (TPSA) is 36.5 Å². The lowest BCUT2D eigenvalue weighted by atomic mass is 10.0. The molecule has 1 saturated heterocycles. The number of benzene rings is 2. The van der Waals surface area contributed by atoms with Gasteiger partial charge in [0.05, 0.1) is 13.2 Å². The van der Waals surface area contributed by atoms with Gasteiger partial charge in [-0.15, -0.1) is 0 Å². The van der Waals surface area contributed by atoms with Crippen LogP contribution in [0.2, 0.25) is 5.02 Å². The third-order valence-corrected chi connectivity index (χ3v) is 5.96. The van der Waals surface area contributed by atoms with Gasteiger partial charge in [0, 0.05) is 17.3 Å². The first-order valence-corrected chi connectivity index (χ1v) is 10.5. The molecule has 0 spiro atoms. The van der Waals surface area contributed by atoms with Crippen LogP contribution in [0, 0.1) is 6.92 Å². The summed E-state index contributed by atoms with van der Waals surface area (Å²) in [6.07, 6.45) is 3.81. The molecular weight excluding hydrogens is 390 g/mol. The number of anilines is 1. The van der Waals surface area contributed by atoms with Gasteiger partial charge in [-0.3, -0.25) is 4.90 Å². The van der Waals surface area contributed by atoms with Crippen molar-refractivity contribution >= 4 is 34.6 Å². The summed E-state index contributed by atoms with van der Waals surface area (Å²) in [5.41, 5.74) is 3.21. The van der Waals surface area contributed by atoms with Crippen LogP contribution in [0.3, 0.4) is 0 Å². The van der Waals surface area contributed by atoms with Gasteiger partial charge in [-0.2, -0.15) is 0 Å². The van der Waals surface area contributed by atoms with Crippen LogP contribution >= 0.6 is 23.8 Å². The maximum absolute atomic E-state index is 6.21. The van der Waals surface area contributed by atoms with Crippen LogP contribution in [0.15, 0.2) is 42.5 Å². The monoisotopic (exact) mass is 417 g/mol. The Hall–Kier alpha value is -1.82. The van der Waals surface area contributed by atoms with Crippen LogP contribution in [-0.4, -0.2) is 36.8 Å². The lowest BCUT2D eigenvalue weighted by molar-refractivity contribution is 0.164. The molecular formula is C22H28ClN3OS. The zero-order chi connectivity index (χ0) is 19.9. The van der Waals surface area contributed by atoms with Gasteiger partial charge in [-0.05, 0) is 80.5 Å². The Labute approximate surface area is 178 Å². The number of likely N-dealkylation sites (tertiary alicyclic amines) is 1. The van der Waals surface area contributed by atoms with E-state index in [2.05, 4.69) is 27.7 Å². The highest BCUT2D eigenvalue weighted by Crippen LogP contribution is 2.26. The number of halogens is 1. The molecule has 150 valence electrons. The molecule has 0 saturated carbocycles. The number of rotatable bonds is 6. The number of thiocarbonyl (C=S) groups is 1. The number of hydrogen-bond donors (Lipinski definition) is 2. The lowest BCUT2D eigenvalue weighted by Crippen LogP contribution is -2.41. The minimum atomic E-state index is 0.270. The van der Waals surface area contributed by atoms with Crippen molar-refractivity contribution < 1.29 is 4.74 Å². The van der Waals surface area contributed by atoms with Crippen molar-refractivity contribution in [1.82, 2.24) is 10.2 Å². The maximum atomic E-state index is 6.21. The lowest BCUT2D eigenvalue weighted by Gasteiger charge is -2.35. The molecule has 6 heteroatoms. The first kappa shape index (κ1) is 20.9. The van der Waals surface area contributed by atoms with Crippen LogP contribution in [0.5, 0.6) is 5.75 Å². The standard InChI is InChI=1S/C22H28ClN3OS/c1-16-19(23)7-6-8-20(16)25-22(28)24-15-21(26-13-4-3-5-14-26)17-9-11-18(27-2)12-10-17/h6-12,21H,3-5,13-15H2,1-2H3,(H2,24,25,28)/t21-/m0/s1. The molecule has 1 atom stereocenters. The molecule has 28 heavy (non-hydrogen) atoms. The molecule has 1 heterocycles. The Balaban J connectivity index is 1.68. The van der Waals surface area contributed by atoms with E-state index < -0.39 is 0 Å². The molecule has 0 unspecified atom stereocenters. The smallest absolute Gasteiger partial charge is 0.170 e. The van der Waals surface area contributed by atoms with Crippen LogP contribution in [0.1, 0.15) is 36.4 Å². The molecule has 1 aliphatic heterocycles. The van der Waals surface area contributed by atoms with E-state index in [1.54, 1.807) is 7.11 Å². The fraction of sp³-hybridized carbons (Fsp3) is 0.409. The Morgan fingerprint density at radius 3 is 2.54 bits per heavy atom. The Bertz CT molecular complexity index is 791. The Morgan fingerprint density at radius 2 is 1.86 bits per heavy atom. The van der Waals surface area contributed by atoms with Crippen LogP contribution in [-0.2, 0) is 0 Å². The van der Waals surface area contributed by atoms with E-state index in [9.17, 15) is 0 Å². The molecule has 0 aliphatic carbocycles. The third-order valence-electron chi connectivity index (χ3n) is 5.30. The average Bonchev–Trinajstić information content (AvgIpc) is 2.73. The van der Waals surface area contributed by atoms with Crippen molar-refractivity contribution in [2.75, 3.05) is 32.1 Å². The van der Waals surface area contributed by atoms with Crippen LogP contribution in [0.25, 0.3) is 0 Å². The number of ether oxygens (including phenoxy) is 1. The summed E-state index contributed by atoms with van der Waals surface area (Å²) >= 11 is 11.8. The summed E-state index contributed by atoms with van der Waals surface area (Å²) in [6.45, 7) is 4.97. The number of nitrogens with zero attached hydrogens (tertiary/aromatic N) is 1. The first-order valence-electron chi connectivity index (χ1n) is 9.76. The molecule has 1 aliphatic rings. The molecule has 2 N–H and O–H groups in total. The van der Waals surface area contributed by atoms with E-state index >= 15 is 0 Å². The second-order valence-electron chi connectivity index (χ2n) is 7.13. The quantitative estimate of drug-likeness (QED) is 0.634. The fourth-order valence-electron chi connectivity index (χ4n) is 3.61. The van der Waals surface area contributed by atoms with E-state index in [1.165, 1.54) is 24.8 Å². The molecule has 0 amide bonds. The predicted molar refractivity (Wildman–Crippen MR) is 122 cm³/mol. The van der Waals surface area contributed by atoms with Gasteiger partial charge in [0.15, 0.2) is 5.11 Å². The summed E-state index contributed by atoms with van der Waals surface area (Å²) in [7, 11) is 1.70. The number of nitrogens with one attached hydrogen (secondary N) is 2. The van der Waals surface area contributed by atoms with Gasteiger partial charge < -0.3 is 15.4 Å². The van der Waals surface area contributed by atoms with Crippen LogP contribution in [0.4, 0.5) is 5.69 Å². The van der Waals surface area contributed by atoms with E-state index in [0.29, 0.717) is 5.11 Å². The van der Waals surface area contributed by atoms with E-state index in [-0.39, 0.29) is 6.04 Å². The zero-order valence-electron chi connectivity index (χ0n) is 16.5. The minimum Gasteiger partial charge on any atom is -0.497 e. The fourth-order valence-corrected chi connectivity index (χ4v) is 3.98. The molecule has 3 rings (SSSR count). The summed E-state index contributed by atoms with van der Waals surface area (Å²) in [5.74, 6) is 0.878. The van der Waals surface area contributed by atoms with Crippen molar-refractivity contribution in [2.45, 2.75) is 32.2 Å². The average molecular weight is 418 g/mol. The van der Waals surface area contributed by atoms with Crippen molar-refractivity contribution in [2.24, 2.45) is 0 Å². The number of methoxy groups -OCH3 is 1. The molecule has 0 aromatic heterocycles. The van der Waals surface area contributed by atoms with Gasteiger partial charge >= 0.3 is 0 Å². The van der Waals surface area contributed by atoms with E-state index in [0.717, 1.165) is 41.7 Å². The third kappa shape index (κ3) is 5.37. The predicted octanol–water partition coefficient (Wildman–Crippen LogP) is 5.17. The summed E-state index contributed by atoms with van der Waals surface area (Å²) < 4.78 is 5.31. The summed E-state index contributed by atoms with van der Waals surface area (Å²) in [6, 6.07) is 14.4. The van der Waals surface area contributed by atoms with Crippen molar-refractivity contribution in [1.29, 1.82) is 0 Å². The van der Waals surface area contributed by atoms with Gasteiger partial charge in [0.25, 0.3) is 0 Å². The van der Waals surface area contributed by atoms with Crippen molar-refractivity contribution in [3.05, 3.63) is 58.6 Å². The number of piperidine rings is 1. The van der Waals surface area contributed by atoms with Crippen molar-refractivity contribution in [3.63, 3.8) is 0 Å². The molecule has 1 fully saturated rings. The second-order valence-corrected chi connectivity index (χ2v) is 7.95. The highest BCUT2D eigenvalue weighted by Gasteiger charge is 2.22. The number of hydrogen-bond acceptors (Lipinski definition) is 3. The normalized spacial score (nSPS) is 15.7. The van der Waals surface area contributed by atoms with Crippen molar-refractivity contribution in [3.8, 4) is 5.75 Å². The maximum Gasteiger partial charge on any atom is 0.170 e. The first-order chi connectivity index (χ1) is 13.6. The van der Waals surface area contributed by atoms with E-state index in [4.69, 9.17) is 28.6 Å². The highest BCUT2D eigenvalue weighted by atomic mass is 35.5. The van der Waals surface area contributed by atoms with Gasteiger partial charge in [0.2, 0.25) is 0 Å². The molecule has 2 aromatic carbocycles. The second kappa shape index (κ2) is 10.1. The van der Waals surface area contributed by atoms with Gasteiger partial charge in [-0.1, -0.05) is 36.2 Å². The highest BCUT2D eigenvalue weighted by molar-refractivity contribution is 7.80. The molecule has 0 bridgehead atoms. The zero-order valence-corrected chi connectivity index (χ0v) is 18.1. The van der Waals surface area contributed by atoms with Crippen LogP contribution < -0.4 is 15.4 Å². The molecule has 0 radical (unpaired) electrons. The minimum absolute atomic E-state index is 0.270. The Kier molecular flexibility index (Phi) is 7.54. The summed E-state index contributed by atoms with van der Waals surface area (Å²) in [4.78, 5) is 2.55. The largest absolute Gasteiger partial charge is 0.497 e.